The van der Waals surface area contributed by atoms with Gasteiger partial charge in [0, 0.05) is 0 Å². The quantitative estimate of drug-likeness (QED) is 0.436. The predicted molar refractivity (Wildman–Crippen MR) is 117 cm³/mol. The van der Waals surface area contributed by atoms with Gasteiger partial charge in [-0.25, -0.2) is 0 Å². The summed E-state index contributed by atoms with van der Waals surface area (Å²) in [5, 5.41) is 2.82. The van der Waals surface area contributed by atoms with Gasteiger partial charge in [0.15, 0.2) is 0 Å². The van der Waals surface area contributed by atoms with E-state index in [9.17, 15) is 0 Å². The maximum absolute atomic E-state index is 2.46. The van der Waals surface area contributed by atoms with Gasteiger partial charge in [-0.2, -0.15) is 0 Å². The molecule has 3 aromatic rings. The average Bonchev–Trinajstić information content (AvgIpc) is 2.73. The summed E-state index contributed by atoms with van der Waals surface area (Å²) >= 11 is 0. The third-order valence-corrected chi connectivity index (χ3v) is 6.65. The molecule has 0 spiro atoms. The molecule has 1 aliphatic rings. The molecule has 1 fully saturated rings. The summed E-state index contributed by atoms with van der Waals surface area (Å²) in [7, 11) is 0. The fourth-order valence-corrected chi connectivity index (χ4v) is 5.18. The number of hydrogen-bond acceptors (Lipinski definition) is 0. The largest absolute Gasteiger partial charge is 0.0617 e. The van der Waals surface area contributed by atoms with Crippen LogP contribution in [0, 0.1) is 5.92 Å². The van der Waals surface area contributed by atoms with Gasteiger partial charge in [0.2, 0.25) is 0 Å². The van der Waals surface area contributed by atoms with Crippen LogP contribution in [-0.2, 0) is 6.42 Å². The van der Waals surface area contributed by atoms with E-state index in [1.54, 1.807) is 5.56 Å². The van der Waals surface area contributed by atoms with Gasteiger partial charge >= 0.3 is 0 Å². The summed E-state index contributed by atoms with van der Waals surface area (Å²) in [5.74, 6) is 2.24. The van der Waals surface area contributed by atoms with Gasteiger partial charge in [0.25, 0.3) is 0 Å². The van der Waals surface area contributed by atoms with Crippen LogP contribution in [0.1, 0.15) is 74.5 Å². The van der Waals surface area contributed by atoms with E-state index < -0.39 is 0 Å². The Hall–Kier alpha value is -2.08. The van der Waals surface area contributed by atoms with Gasteiger partial charge in [-0.05, 0) is 70.9 Å². The van der Waals surface area contributed by atoms with Crippen LogP contribution < -0.4 is 0 Å². The van der Waals surface area contributed by atoms with E-state index in [0.29, 0.717) is 5.92 Å². The lowest BCUT2D eigenvalue weighted by Gasteiger charge is -2.31. The van der Waals surface area contributed by atoms with Crippen LogP contribution in [0.5, 0.6) is 0 Å². The molecule has 3 atom stereocenters. The summed E-state index contributed by atoms with van der Waals surface area (Å²) in [5.41, 5.74) is 4.60. The highest BCUT2D eigenvalue weighted by molar-refractivity contribution is 5.86. The van der Waals surface area contributed by atoms with E-state index in [1.165, 1.54) is 54.0 Å². The molecule has 1 aliphatic carbocycles. The second-order valence-electron chi connectivity index (χ2n) is 8.53. The molecule has 3 aromatic carbocycles. The van der Waals surface area contributed by atoms with Crippen molar-refractivity contribution in [3.8, 4) is 0 Å². The molecule has 1 unspecified atom stereocenters. The highest BCUT2D eigenvalue weighted by Crippen LogP contribution is 2.41. The molecule has 0 aromatic heterocycles. The fourth-order valence-electron chi connectivity index (χ4n) is 5.18. The first-order valence-electron chi connectivity index (χ1n) is 10.8. The number of benzene rings is 3. The zero-order chi connectivity index (χ0) is 18.6. The third-order valence-electron chi connectivity index (χ3n) is 6.65. The number of rotatable bonds is 5. The van der Waals surface area contributed by atoms with E-state index >= 15 is 0 Å². The Labute approximate surface area is 164 Å². The fraction of sp³-hybridized carbons (Fsp3) is 0.407. The van der Waals surface area contributed by atoms with E-state index in [4.69, 9.17) is 0 Å². The van der Waals surface area contributed by atoms with Crippen molar-refractivity contribution in [1.29, 1.82) is 0 Å². The molecule has 0 radical (unpaired) electrons. The van der Waals surface area contributed by atoms with Crippen molar-refractivity contribution in [2.45, 2.75) is 64.2 Å². The van der Waals surface area contributed by atoms with E-state index in [0.717, 1.165) is 18.3 Å². The topological polar surface area (TPSA) is 0 Å². The minimum absolute atomic E-state index is 0.627. The van der Waals surface area contributed by atoms with Gasteiger partial charge in [-0.15, -0.1) is 0 Å². The summed E-state index contributed by atoms with van der Waals surface area (Å²) in [6.07, 6.45) is 7.97. The number of hydrogen-bond donors (Lipinski definition) is 0. The van der Waals surface area contributed by atoms with Gasteiger partial charge in [0.05, 0.1) is 0 Å². The average molecular weight is 357 g/mol. The molecule has 0 heteroatoms. The van der Waals surface area contributed by atoms with E-state index in [-0.39, 0.29) is 0 Å². The van der Waals surface area contributed by atoms with Crippen LogP contribution in [-0.4, -0.2) is 0 Å². The Morgan fingerprint density at radius 2 is 1.74 bits per heavy atom. The zero-order valence-electron chi connectivity index (χ0n) is 16.8. The first-order valence-corrected chi connectivity index (χ1v) is 10.8. The zero-order valence-corrected chi connectivity index (χ0v) is 16.8. The smallest absolute Gasteiger partial charge is 0.0149 e. The molecule has 27 heavy (non-hydrogen) atoms. The van der Waals surface area contributed by atoms with E-state index in [2.05, 4.69) is 80.6 Å². The maximum atomic E-state index is 2.46. The van der Waals surface area contributed by atoms with Crippen LogP contribution >= 0.6 is 0 Å². The Morgan fingerprint density at radius 1 is 0.926 bits per heavy atom. The van der Waals surface area contributed by atoms with Crippen molar-refractivity contribution in [1.82, 2.24) is 0 Å². The second kappa shape index (κ2) is 8.30. The Bertz CT molecular complexity index is 886. The molecule has 4 rings (SSSR count). The first kappa shape index (κ1) is 18.3. The molecule has 0 nitrogen and oxygen atoms in total. The van der Waals surface area contributed by atoms with Crippen molar-refractivity contribution >= 4 is 10.8 Å². The first-order chi connectivity index (χ1) is 13.2. The highest BCUT2D eigenvalue weighted by Gasteiger charge is 2.25. The minimum atomic E-state index is 0.627. The molecule has 0 saturated heterocycles. The number of aryl methyl sites for hydroxylation is 1. The molecular formula is C27H32. The van der Waals surface area contributed by atoms with Gasteiger partial charge in [0.1, 0.15) is 0 Å². The van der Waals surface area contributed by atoms with Gasteiger partial charge < -0.3 is 0 Å². The molecule has 0 N–H and O–H groups in total. The molecule has 1 saturated carbocycles. The number of fused-ring (bicyclic) bond motifs is 1. The lowest BCUT2D eigenvalue weighted by molar-refractivity contribution is 0.293. The van der Waals surface area contributed by atoms with Crippen LogP contribution in [0.2, 0.25) is 0 Å². The normalized spacial score (nSPS) is 21.3. The van der Waals surface area contributed by atoms with Gasteiger partial charge in [-0.1, -0.05) is 93.4 Å². The summed E-state index contributed by atoms with van der Waals surface area (Å²) in [6, 6.07) is 25.0. The lowest BCUT2D eigenvalue weighted by atomic mass is 9.74. The molecule has 0 amide bonds. The van der Waals surface area contributed by atoms with Crippen LogP contribution in [0.15, 0.2) is 66.7 Å². The molecular weight excluding hydrogens is 324 g/mol. The summed E-state index contributed by atoms with van der Waals surface area (Å²) < 4.78 is 0. The Morgan fingerprint density at radius 3 is 2.63 bits per heavy atom. The minimum Gasteiger partial charge on any atom is -0.0617 e. The maximum Gasteiger partial charge on any atom is -0.0149 e. The van der Waals surface area contributed by atoms with Crippen LogP contribution in [0.25, 0.3) is 10.8 Å². The van der Waals surface area contributed by atoms with E-state index in [1.807, 2.05) is 0 Å². The van der Waals surface area contributed by atoms with Crippen molar-refractivity contribution in [2.75, 3.05) is 0 Å². The van der Waals surface area contributed by atoms with Crippen molar-refractivity contribution in [3.05, 3.63) is 83.4 Å². The monoisotopic (exact) mass is 356 g/mol. The van der Waals surface area contributed by atoms with Gasteiger partial charge in [-0.3, -0.25) is 0 Å². The second-order valence-corrected chi connectivity index (χ2v) is 8.53. The predicted octanol–water partition coefficient (Wildman–Crippen LogP) is 7.87. The Kier molecular flexibility index (Phi) is 5.62. The Balaban J connectivity index is 1.48. The summed E-state index contributed by atoms with van der Waals surface area (Å²) in [4.78, 5) is 0. The third kappa shape index (κ3) is 4.10. The van der Waals surface area contributed by atoms with Crippen molar-refractivity contribution < 1.29 is 0 Å². The van der Waals surface area contributed by atoms with Crippen LogP contribution in [0.4, 0.5) is 0 Å². The highest BCUT2D eigenvalue weighted by atomic mass is 14.3. The van der Waals surface area contributed by atoms with Crippen LogP contribution in [0.3, 0.4) is 0 Å². The van der Waals surface area contributed by atoms with Crippen molar-refractivity contribution in [3.63, 3.8) is 0 Å². The molecule has 0 heterocycles. The lowest BCUT2D eigenvalue weighted by Crippen LogP contribution is -2.16. The SMILES string of the molecule is CCc1cccc(C2CCC[C@H](C[C@H](C)c3cccc4ccccc34)C2)c1. The standard InChI is InChI=1S/C27H32/c1-3-21-9-6-13-24(18-21)25-14-7-10-22(19-25)17-20(2)26-16-8-12-23-11-4-5-15-27(23)26/h4-6,8-9,11-13,15-16,18,20,22,25H,3,7,10,14,17,19H2,1-2H3/t20-,22+,25?/m0/s1. The molecule has 0 aliphatic heterocycles. The molecule has 0 bridgehead atoms. The van der Waals surface area contributed by atoms with Crippen molar-refractivity contribution in [2.24, 2.45) is 5.92 Å². The summed E-state index contributed by atoms with van der Waals surface area (Å²) in [6.45, 7) is 4.69. The molecule has 140 valence electrons.